The minimum atomic E-state index is -0.161. The SMILES string of the molecule is CCn1cc(N)c(C(=O)N(C)CCc2ccccn2)n1. The Balaban J connectivity index is 1.99. The third-order valence-electron chi connectivity index (χ3n) is 3.09. The minimum absolute atomic E-state index is 0.161. The van der Waals surface area contributed by atoms with Gasteiger partial charge in [-0.25, -0.2) is 0 Å². The van der Waals surface area contributed by atoms with Gasteiger partial charge in [0.1, 0.15) is 0 Å². The molecule has 0 atom stereocenters. The maximum Gasteiger partial charge on any atom is 0.276 e. The van der Waals surface area contributed by atoms with E-state index in [2.05, 4.69) is 10.1 Å². The van der Waals surface area contributed by atoms with E-state index in [0.29, 0.717) is 30.9 Å². The number of nitrogens with two attached hydrogens (primary N) is 1. The van der Waals surface area contributed by atoms with E-state index >= 15 is 0 Å². The third kappa shape index (κ3) is 3.14. The van der Waals surface area contributed by atoms with Crippen LogP contribution in [0.15, 0.2) is 30.6 Å². The lowest BCUT2D eigenvalue weighted by Crippen LogP contribution is -2.30. The van der Waals surface area contributed by atoms with Gasteiger partial charge < -0.3 is 10.6 Å². The second-order valence-corrected chi connectivity index (χ2v) is 4.59. The zero-order valence-electron chi connectivity index (χ0n) is 11.8. The van der Waals surface area contributed by atoms with Crippen LogP contribution in [0, 0.1) is 0 Å². The molecule has 6 nitrogen and oxygen atoms in total. The van der Waals surface area contributed by atoms with Crippen LogP contribution in [0.3, 0.4) is 0 Å². The van der Waals surface area contributed by atoms with Crippen molar-refractivity contribution >= 4 is 11.6 Å². The van der Waals surface area contributed by atoms with E-state index in [9.17, 15) is 4.79 Å². The standard InChI is InChI=1S/C14H19N5O/c1-3-19-10-12(15)13(17-19)14(20)18(2)9-7-11-6-4-5-8-16-11/h4-6,8,10H,3,7,9,15H2,1-2H3. The Labute approximate surface area is 118 Å². The molecule has 0 aliphatic carbocycles. The Morgan fingerprint density at radius 3 is 2.85 bits per heavy atom. The first kappa shape index (κ1) is 14.0. The Kier molecular flexibility index (Phi) is 4.34. The van der Waals surface area contributed by atoms with Crippen molar-refractivity contribution in [2.45, 2.75) is 19.9 Å². The predicted molar refractivity (Wildman–Crippen MR) is 77.2 cm³/mol. The van der Waals surface area contributed by atoms with Crippen molar-refractivity contribution < 1.29 is 4.79 Å². The third-order valence-corrected chi connectivity index (χ3v) is 3.09. The molecule has 0 unspecified atom stereocenters. The van der Waals surface area contributed by atoms with Crippen LogP contribution in [0.2, 0.25) is 0 Å². The fourth-order valence-corrected chi connectivity index (χ4v) is 1.88. The Morgan fingerprint density at radius 1 is 1.45 bits per heavy atom. The maximum atomic E-state index is 12.3. The molecule has 0 aliphatic heterocycles. The molecule has 0 aliphatic rings. The van der Waals surface area contributed by atoms with Crippen molar-refractivity contribution in [3.63, 3.8) is 0 Å². The molecule has 2 rings (SSSR count). The molecule has 0 bridgehead atoms. The number of hydrogen-bond acceptors (Lipinski definition) is 4. The lowest BCUT2D eigenvalue weighted by atomic mass is 10.2. The van der Waals surface area contributed by atoms with Gasteiger partial charge in [-0.05, 0) is 19.1 Å². The van der Waals surface area contributed by atoms with Crippen LogP contribution in [-0.2, 0) is 13.0 Å². The van der Waals surface area contributed by atoms with Crippen molar-refractivity contribution in [1.82, 2.24) is 19.7 Å². The van der Waals surface area contributed by atoms with Gasteiger partial charge in [-0.1, -0.05) is 6.07 Å². The van der Waals surface area contributed by atoms with Crippen molar-refractivity contribution in [1.29, 1.82) is 0 Å². The molecule has 0 aromatic carbocycles. The average molecular weight is 273 g/mol. The summed E-state index contributed by atoms with van der Waals surface area (Å²) < 4.78 is 1.66. The van der Waals surface area contributed by atoms with E-state index in [4.69, 9.17) is 5.73 Å². The molecule has 6 heteroatoms. The summed E-state index contributed by atoms with van der Waals surface area (Å²) in [6.45, 7) is 3.22. The molecule has 2 aromatic heterocycles. The highest BCUT2D eigenvalue weighted by Crippen LogP contribution is 2.11. The van der Waals surface area contributed by atoms with Gasteiger partial charge in [0, 0.05) is 44.6 Å². The van der Waals surface area contributed by atoms with Crippen LogP contribution in [0.5, 0.6) is 0 Å². The molecule has 0 saturated carbocycles. The van der Waals surface area contributed by atoms with Crippen LogP contribution in [0.1, 0.15) is 23.1 Å². The van der Waals surface area contributed by atoms with E-state index in [-0.39, 0.29) is 5.91 Å². The van der Waals surface area contributed by atoms with Gasteiger partial charge in [-0.3, -0.25) is 14.5 Å². The molecule has 2 aromatic rings. The molecule has 0 radical (unpaired) electrons. The maximum absolute atomic E-state index is 12.3. The molecule has 106 valence electrons. The van der Waals surface area contributed by atoms with E-state index in [0.717, 1.165) is 5.69 Å². The number of pyridine rings is 1. The summed E-state index contributed by atoms with van der Waals surface area (Å²) in [5.41, 5.74) is 7.51. The number of nitrogens with zero attached hydrogens (tertiary/aromatic N) is 4. The summed E-state index contributed by atoms with van der Waals surface area (Å²) in [7, 11) is 1.75. The Morgan fingerprint density at radius 2 is 2.25 bits per heavy atom. The van der Waals surface area contributed by atoms with Crippen LogP contribution in [0.4, 0.5) is 5.69 Å². The summed E-state index contributed by atoms with van der Waals surface area (Å²) in [6.07, 6.45) is 4.13. The van der Waals surface area contributed by atoms with Crippen LogP contribution < -0.4 is 5.73 Å². The van der Waals surface area contributed by atoms with Gasteiger partial charge in [0.15, 0.2) is 5.69 Å². The first-order valence-corrected chi connectivity index (χ1v) is 6.60. The fraction of sp³-hybridized carbons (Fsp3) is 0.357. The normalized spacial score (nSPS) is 10.5. The number of rotatable bonds is 5. The lowest BCUT2D eigenvalue weighted by molar-refractivity contribution is 0.0790. The summed E-state index contributed by atoms with van der Waals surface area (Å²) in [6, 6.07) is 5.75. The summed E-state index contributed by atoms with van der Waals surface area (Å²) in [4.78, 5) is 18.1. The second-order valence-electron chi connectivity index (χ2n) is 4.59. The first-order chi connectivity index (χ1) is 9.61. The van der Waals surface area contributed by atoms with E-state index in [1.54, 1.807) is 29.0 Å². The van der Waals surface area contributed by atoms with E-state index < -0.39 is 0 Å². The largest absolute Gasteiger partial charge is 0.396 e. The zero-order chi connectivity index (χ0) is 14.5. The van der Waals surface area contributed by atoms with Crippen molar-refractivity contribution in [3.05, 3.63) is 42.0 Å². The Bertz CT molecular complexity index is 579. The zero-order valence-corrected chi connectivity index (χ0v) is 11.8. The van der Waals surface area contributed by atoms with E-state index in [1.165, 1.54) is 0 Å². The number of aryl methyl sites for hydroxylation is 1. The van der Waals surface area contributed by atoms with Gasteiger partial charge in [-0.2, -0.15) is 5.10 Å². The van der Waals surface area contributed by atoms with Crippen LogP contribution in [0.25, 0.3) is 0 Å². The highest BCUT2D eigenvalue weighted by atomic mass is 16.2. The number of anilines is 1. The molecular weight excluding hydrogens is 254 g/mol. The summed E-state index contributed by atoms with van der Waals surface area (Å²) in [5, 5.41) is 4.19. The van der Waals surface area contributed by atoms with E-state index in [1.807, 2.05) is 25.1 Å². The number of nitrogen functional groups attached to an aromatic ring is 1. The summed E-state index contributed by atoms with van der Waals surface area (Å²) in [5.74, 6) is -0.161. The van der Waals surface area contributed by atoms with Crippen LogP contribution >= 0.6 is 0 Å². The number of likely N-dealkylation sites (N-methyl/N-ethyl adjacent to an activating group) is 1. The highest BCUT2D eigenvalue weighted by molar-refractivity contribution is 5.96. The molecule has 1 amide bonds. The second kappa shape index (κ2) is 6.18. The topological polar surface area (TPSA) is 77.0 Å². The molecule has 0 saturated heterocycles. The van der Waals surface area contributed by atoms with Crippen molar-refractivity contribution in [2.24, 2.45) is 0 Å². The van der Waals surface area contributed by atoms with Crippen molar-refractivity contribution in [3.8, 4) is 0 Å². The minimum Gasteiger partial charge on any atom is -0.396 e. The van der Waals surface area contributed by atoms with Crippen molar-refractivity contribution in [2.75, 3.05) is 19.3 Å². The molecule has 0 fully saturated rings. The molecule has 0 spiro atoms. The lowest BCUT2D eigenvalue weighted by Gasteiger charge is -2.15. The van der Waals surface area contributed by atoms with Gasteiger partial charge in [0.25, 0.3) is 5.91 Å². The van der Waals surface area contributed by atoms with Gasteiger partial charge >= 0.3 is 0 Å². The number of carbonyl (C=O) groups excluding carboxylic acids is 1. The average Bonchev–Trinajstić information content (AvgIpc) is 2.86. The predicted octanol–water partition coefficient (Wildman–Crippen LogP) is 1.19. The highest BCUT2D eigenvalue weighted by Gasteiger charge is 2.18. The molecule has 2 N–H and O–H groups in total. The van der Waals surface area contributed by atoms with Gasteiger partial charge in [-0.15, -0.1) is 0 Å². The van der Waals surface area contributed by atoms with Crippen LogP contribution in [-0.4, -0.2) is 39.2 Å². The van der Waals surface area contributed by atoms with Gasteiger partial charge in [0.2, 0.25) is 0 Å². The Hall–Kier alpha value is -2.37. The monoisotopic (exact) mass is 273 g/mol. The van der Waals surface area contributed by atoms with Gasteiger partial charge in [0.05, 0.1) is 5.69 Å². The first-order valence-electron chi connectivity index (χ1n) is 6.60. The number of aromatic nitrogens is 3. The quantitative estimate of drug-likeness (QED) is 0.888. The fourth-order valence-electron chi connectivity index (χ4n) is 1.88. The summed E-state index contributed by atoms with van der Waals surface area (Å²) >= 11 is 0. The molecular formula is C14H19N5O. The molecule has 2 heterocycles. The molecule has 20 heavy (non-hydrogen) atoms. The smallest absolute Gasteiger partial charge is 0.276 e. The number of carbonyl (C=O) groups is 1. The number of amides is 1. The number of hydrogen-bond donors (Lipinski definition) is 1.